The first kappa shape index (κ1) is 29.6. The Bertz CT molecular complexity index is 1190. The normalized spacial score (nSPS) is 45.0. The van der Waals surface area contributed by atoms with Crippen LogP contribution < -0.4 is 0 Å². The Morgan fingerprint density at radius 3 is 2.25 bits per heavy atom. The molecule has 0 aromatic carbocycles. The molecule has 40 heavy (non-hydrogen) atoms. The molecule has 8 atom stereocenters. The molecule has 0 spiro atoms. The Balaban J connectivity index is 1.66. The van der Waals surface area contributed by atoms with E-state index in [1.165, 1.54) is 11.6 Å². The summed E-state index contributed by atoms with van der Waals surface area (Å²) < 4.78 is 6.25. The van der Waals surface area contributed by atoms with Gasteiger partial charge in [-0.25, -0.2) is 4.79 Å². The van der Waals surface area contributed by atoms with Gasteiger partial charge in [0.25, 0.3) is 0 Å². The van der Waals surface area contributed by atoms with Crippen LogP contribution in [-0.2, 0) is 19.1 Å². The van der Waals surface area contributed by atoms with Gasteiger partial charge in [0.2, 0.25) is 0 Å². The number of Topliss-reactive ketones (excluding diaryl/α,β-unsaturated/α-hetero) is 1. The van der Waals surface area contributed by atoms with Gasteiger partial charge in [-0.2, -0.15) is 0 Å². The first-order valence-corrected chi connectivity index (χ1v) is 15.7. The van der Waals surface area contributed by atoms with Crippen molar-refractivity contribution in [3.05, 3.63) is 23.3 Å². The number of carbonyl (C=O) groups excluding carboxylic acids is 2. The third-order valence-corrected chi connectivity index (χ3v) is 13.5. The van der Waals surface area contributed by atoms with E-state index in [-0.39, 0.29) is 33.0 Å². The highest BCUT2D eigenvalue weighted by molar-refractivity contribution is 5.86. The van der Waals surface area contributed by atoms with Crippen molar-refractivity contribution in [1.82, 2.24) is 0 Å². The Hall–Kier alpha value is -1.91. The predicted octanol–water partition coefficient (Wildman–Crippen LogP) is 7.93. The monoisotopic (exact) mass is 552 g/mol. The number of aliphatic carboxylic acids is 1. The van der Waals surface area contributed by atoms with Gasteiger partial charge in [-0.05, 0) is 98.7 Å². The summed E-state index contributed by atoms with van der Waals surface area (Å²) in [6.07, 6.45) is 10.4. The fourth-order valence-electron chi connectivity index (χ4n) is 11.1. The third-order valence-electron chi connectivity index (χ3n) is 13.5. The summed E-state index contributed by atoms with van der Waals surface area (Å²) in [4.78, 5) is 39.5. The van der Waals surface area contributed by atoms with Crippen LogP contribution in [0.5, 0.6) is 0 Å². The van der Waals surface area contributed by atoms with E-state index in [9.17, 15) is 19.5 Å². The van der Waals surface area contributed by atoms with Gasteiger partial charge in [-0.15, -0.1) is 0 Å². The number of esters is 1. The van der Waals surface area contributed by atoms with Crippen LogP contribution in [0.3, 0.4) is 0 Å². The van der Waals surface area contributed by atoms with E-state index in [0.29, 0.717) is 36.9 Å². The summed E-state index contributed by atoms with van der Waals surface area (Å²) in [6.45, 7) is 19.8. The average molecular weight is 553 g/mol. The second-order valence-electron chi connectivity index (χ2n) is 16.6. The number of carboxylic acid groups (broad SMARTS) is 1. The van der Waals surface area contributed by atoms with Crippen molar-refractivity contribution < 1.29 is 24.2 Å². The van der Waals surface area contributed by atoms with Crippen LogP contribution in [0.4, 0.5) is 0 Å². The molecule has 0 heterocycles. The summed E-state index contributed by atoms with van der Waals surface area (Å²) in [6, 6.07) is 0. The first-order chi connectivity index (χ1) is 18.3. The molecule has 0 aliphatic heterocycles. The fourth-order valence-corrected chi connectivity index (χ4v) is 11.1. The molecule has 4 saturated carbocycles. The van der Waals surface area contributed by atoms with E-state index in [1.807, 2.05) is 13.8 Å². The van der Waals surface area contributed by atoms with Gasteiger partial charge in [0.1, 0.15) is 17.3 Å². The minimum atomic E-state index is -1.10. The Morgan fingerprint density at radius 2 is 1.62 bits per heavy atom. The predicted molar refractivity (Wildman–Crippen MR) is 156 cm³/mol. The fraction of sp³-hybridized carbons (Fsp3) is 0.800. The number of fused-ring (bicyclic) bond motifs is 7. The topological polar surface area (TPSA) is 80.7 Å². The standard InChI is InChI=1S/C35H52O5/c1-21(2)18-28(37)40-27-20-34(9)22(23-19-30(3,4)16-17-35(23,27)29(38)39)10-11-25-32(7)14-13-26(36)31(5,6)24(32)12-15-33(25,34)8/h10,18,23-25,27H,11-17,19-20H2,1-9H3,(H,38,39). The lowest BCUT2D eigenvalue weighted by Gasteiger charge is -2.71. The number of carbonyl (C=O) groups is 3. The van der Waals surface area contributed by atoms with Gasteiger partial charge in [0, 0.05) is 23.8 Å². The van der Waals surface area contributed by atoms with Gasteiger partial charge in [-0.3, -0.25) is 9.59 Å². The van der Waals surface area contributed by atoms with E-state index in [1.54, 1.807) is 0 Å². The summed E-state index contributed by atoms with van der Waals surface area (Å²) in [5, 5.41) is 10.9. The molecule has 5 heteroatoms. The molecule has 0 amide bonds. The number of carboxylic acids is 1. The maximum absolute atomic E-state index is 13.4. The number of hydrogen-bond donors (Lipinski definition) is 1. The number of ketones is 1. The van der Waals surface area contributed by atoms with Crippen LogP contribution in [0.1, 0.15) is 120 Å². The Kier molecular flexibility index (Phi) is 6.69. The maximum atomic E-state index is 13.4. The van der Waals surface area contributed by atoms with Gasteiger partial charge < -0.3 is 9.84 Å². The molecule has 1 N–H and O–H groups in total. The molecule has 5 nitrogen and oxygen atoms in total. The molecule has 5 aliphatic rings. The Labute approximate surface area is 241 Å². The molecule has 0 radical (unpaired) electrons. The molecule has 0 aromatic heterocycles. The van der Waals surface area contributed by atoms with Gasteiger partial charge in [-0.1, -0.05) is 65.7 Å². The van der Waals surface area contributed by atoms with E-state index in [0.717, 1.165) is 44.1 Å². The van der Waals surface area contributed by atoms with Gasteiger partial charge in [0.15, 0.2) is 0 Å². The van der Waals surface area contributed by atoms with Crippen LogP contribution in [0, 0.1) is 50.2 Å². The lowest BCUT2D eigenvalue weighted by atomic mass is 9.33. The van der Waals surface area contributed by atoms with E-state index in [4.69, 9.17) is 4.74 Å². The summed E-state index contributed by atoms with van der Waals surface area (Å²) >= 11 is 0. The zero-order valence-electron chi connectivity index (χ0n) is 26.4. The van der Waals surface area contributed by atoms with Crippen molar-refractivity contribution in [1.29, 1.82) is 0 Å². The highest BCUT2D eigenvalue weighted by atomic mass is 16.5. The molecular formula is C35H52O5. The SMILES string of the molecule is CC(C)=CC(=O)OC1CC2(C)C(=CCC3C4(C)CCC(=O)C(C)(C)C4CCC32C)C2CC(C)(C)CCC12C(=O)O. The Morgan fingerprint density at radius 1 is 0.950 bits per heavy atom. The highest BCUT2D eigenvalue weighted by Crippen LogP contribution is 2.75. The lowest BCUT2D eigenvalue weighted by molar-refractivity contribution is -0.213. The van der Waals surface area contributed by atoms with Crippen molar-refractivity contribution in [3.63, 3.8) is 0 Å². The van der Waals surface area contributed by atoms with Crippen LogP contribution in [0.15, 0.2) is 23.3 Å². The van der Waals surface area contributed by atoms with Crippen molar-refractivity contribution in [2.45, 2.75) is 126 Å². The largest absolute Gasteiger partial charge is 0.481 e. The molecule has 0 saturated heterocycles. The smallest absolute Gasteiger partial charge is 0.330 e. The molecular weight excluding hydrogens is 500 g/mol. The minimum Gasteiger partial charge on any atom is -0.481 e. The van der Waals surface area contributed by atoms with E-state index >= 15 is 0 Å². The number of hydrogen-bond acceptors (Lipinski definition) is 4. The number of rotatable bonds is 3. The summed E-state index contributed by atoms with van der Waals surface area (Å²) in [5.41, 5.74) is 0.431. The van der Waals surface area contributed by atoms with Crippen molar-refractivity contribution in [3.8, 4) is 0 Å². The average Bonchev–Trinajstić information content (AvgIpc) is 2.81. The minimum absolute atomic E-state index is 0.0202. The third kappa shape index (κ3) is 3.87. The molecule has 4 fully saturated rings. The van der Waals surface area contributed by atoms with Crippen molar-refractivity contribution >= 4 is 17.7 Å². The van der Waals surface area contributed by atoms with E-state index < -0.39 is 23.5 Å². The van der Waals surface area contributed by atoms with Crippen LogP contribution in [0.2, 0.25) is 0 Å². The quantitative estimate of drug-likeness (QED) is 0.218. The van der Waals surface area contributed by atoms with Crippen LogP contribution in [-0.4, -0.2) is 28.9 Å². The molecule has 5 aliphatic carbocycles. The maximum Gasteiger partial charge on any atom is 0.330 e. The van der Waals surface area contributed by atoms with Crippen LogP contribution in [0.25, 0.3) is 0 Å². The number of allylic oxidation sites excluding steroid dienone is 3. The second-order valence-corrected chi connectivity index (χ2v) is 16.6. The lowest BCUT2D eigenvalue weighted by Crippen LogP contribution is -2.67. The first-order valence-electron chi connectivity index (χ1n) is 15.7. The van der Waals surface area contributed by atoms with Crippen molar-refractivity contribution in [2.75, 3.05) is 0 Å². The van der Waals surface area contributed by atoms with Gasteiger partial charge in [0.05, 0.1) is 0 Å². The summed E-state index contributed by atoms with van der Waals surface area (Å²) in [7, 11) is 0. The number of ether oxygens (including phenoxy) is 1. The highest BCUT2D eigenvalue weighted by Gasteiger charge is 2.72. The molecule has 8 unspecified atom stereocenters. The molecule has 0 bridgehead atoms. The van der Waals surface area contributed by atoms with Crippen molar-refractivity contribution in [2.24, 2.45) is 50.2 Å². The molecule has 5 rings (SSSR count). The van der Waals surface area contributed by atoms with Gasteiger partial charge >= 0.3 is 11.9 Å². The van der Waals surface area contributed by atoms with E-state index in [2.05, 4.69) is 54.5 Å². The zero-order valence-corrected chi connectivity index (χ0v) is 26.4. The summed E-state index contributed by atoms with van der Waals surface area (Å²) in [5.74, 6) is -0.268. The van der Waals surface area contributed by atoms with Crippen LogP contribution >= 0.6 is 0 Å². The molecule has 222 valence electrons. The zero-order chi connectivity index (χ0) is 29.7. The molecule has 0 aromatic rings. The second kappa shape index (κ2) is 9.04.